The summed E-state index contributed by atoms with van der Waals surface area (Å²) in [6, 6.07) is 11.3. The maximum atomic E-state index is 13.3. The number of halogens is 3. The van der Waals surface area contributed by atoms with Crippen molar-refractivity contribution in [2.75, 3.05) is 6.54 Å². The number of hydrogen-bond acceptors (Lipinski definition) is 4. The van der Waals surface area contributed by atoms with Crippen molar-refractivity contribution in [2.24, 2.45) is 0 Å². The van der Waals surface area contributed by atoms with Gasteiger partial charge in [-0.25, -0.2) is 4.68 Å². The number of rotatable bonds is 5. The number of hydrogen-bond donors (Lipinski definition) is 1. The number of carbonyl (C=O) groups is 1. The number of pyridine rings is 1. The second-order valence-electron chi connectivity index (χ2n) is 6.25. The third kappa shape index (κ3) is 4.68. The largest absolute Gasteiger partial charge is 0.418 e. The Balaban J connectivity index is 1.89. The first-order valence-corrected chi connectivity index (χ1v) is 8.73. The molecule has 3 rings (SSSR count). The van der Waals surface area contributed by atoms with E-state index in [-0.39, 0.29) is 17.9 Å². The van der Waals surface area contributed by atoms with E-state index < -0.39 is 28.8 Å². The molecule has 0 saturated carbocycles. The lowest BCUT2D eigenvalue weighted by molar-refractivity contribution is -0.137. The Morgan fingerprint density at radius 2 is 1.86 bits per heavy atom. The van der Waals surface area contributed by atoms with Gasteiger partial charge in [0, 0.05) is 36.6 Å². The zero-order chi connectivity index (χ0) is 21.0. The first-order chi connectivity index (χ1) is 13.8. The van der Waals surface area contributed by atoms with Crippen molar-refractivity contribution in [1.29, 1.82) is 0 Å². The Kier molecular flexibility index (Phi) is 5.76. The highest BCUT2D eigenvalue weighted by Gasteiger charge is 2.34. The molecular weight excluding hydrogens is 385 g/mol. The number of nitrogens with zero attached hydrogens (tertiary/aromatic N) is 3. The van der Waals surface area contributed by atoms with Crippen LogP contribution in [0.15, 0.2) is 59.5 Å². The summed E-state index contributed by atoms with van der Waals surface area (Å²) in [6.45, 7) is 1.65. The third-order valence-corrected chi connectivity index (χ3v) is 4.15. The standard InChI is InChI=1S/C20H17F3N4O2/c1-13-12-17(28)18(19(29)25-11-9-14-6-4-5-10-24-14)26-27(13)16-8-3-2-7-15(16)20(21,22)23/h2-8,10,12H,9,11H2,1H3,(H,25,29). The Hall–Kier alpha value is -3.49. The second-order valence-corrected chi connectivity index (χ2v) is 6.25. The Bertz CT molecular complexity index is 1080. The molecule has 0 radical (unpaired) electrons. The molecule has 0 saturated heterocycles. The van der Waals surface area contributed by atoms with Crippen molar-refractivity contribution >= 4 is 5.91 Å². The van der Waals surface area contributed by atoms with Crippen LogP contribution in [-0.4, -0.2) is 27.2 Å². The average molecular weight is 402 g/mol. The fourth-order valence-corrected chi connectivity index (χ4v) is 2.78. The fourth-order valence-electron chi connectivity index (χ4n) is 2.78. The van der Waals surface area contributed by atoms with Gasteiger partial charge in [-0.05, 0) is 31.2 Å². The van der Waals surface area contributed by atoms with Gasteiger partial charge in [-0.15, -0.1) is 0 Å². The van der Waals surface area contributed by atoms with Crippen LogP contribution in [0.2, 0.25) is 0 Å². The van der Waals surface area contributed by atoms with Gasteiger partial charge in [0.15, 0.2) is 5.69 Å². The number of aromatic nitrogens is 3. The summed E-state index contributed by atoms with van der Waals surface area (Å²) in [4.78, 5) is 28.7. The van der Waals surface area contributed by atoms with Crippen molar-refractivity contribution in [3.63, 3.8) is 0 Å². The minimum Gasteiger partial charge on any atom is -0.350 e. The van der Waals surface area contributed by atoms with E-state index in [1.165, 1.54) is 25.1 Å². The van der Waals surface area contributed by atoms with E-state index in [0.29, 0.717) is 6.42 Å². The van der Waals surface area contributed by atoms with Crippen LogP contribution in [0.4, 0.5) is 13.2 Å². The van der Waals surface area contributed by atoms with Gasteiger partial charge in [-0.3, -0.25) is 14.6 Å². The highest BCUT2D eigenvalue weighted by atomic mass is 19.4. The monoisotopic (exact) mass is 402 g/mol. The molecular formula is C20H17F3N4O2. The van der Waals surface area contributed by atoms with Crippen molar-refractivity contribution < 1.29 is 18.0 Å². The molecule has 0 spiro atoms. The molecule has 1 aromatic carbocycles. The minimum atomic E-state index is -4.61. The highest BCUT2D eigenvalue weighted by molar-refractivity contribution is 5.92. The molecule has 0 unspecified atom stereocenters. The van der Waals surface area contributed by atoms with E-state index in [1.807, 2.05) is 6.07 Å². The molecule has 1 N–H and O–H groups in total. The molecule has 29 heavy (non-hydrogen) atoms. The summed E-state index contributed by atoms with van der Waals surface area (Å²) in [5.74, 6) is -0.760. The van der Waals surface area contributed by atoms with E-state index in [0.717, 1.165) is 22.5 Å². The molecule has 0 aliphatic carbocycles. The smallest absolute Gasteiger partial charge is 0.350 e. The van der Waals surface area contributed by atoms with E-state index in [4.69, 9.17) is 0 Å². The minimum absolute atomic E-state index is 0.178. The number of benzene rings is 1. The van der Waals surface area contributed by atoms with Crippen LogP contribution in [0.25, 0.3) is 5.69 Å². The zero-order valence-electron chi connectivity index (χ0n) is 15.4. The summed E-state index contributed by atoms with van der Waals surface area (Å²) < 4.78 is 41.0. The van der Waals surface area contributed by atoms with Crippen LogP contribution in [0, 0.1) is 6.92 Å². The molecule has 0 atom stereocenters. The first-order valence-electron chi connectivity index (χ1n) is 8.73. The zero-order valence-corrected chi connectivity index (χ0v) is 15.4. The van der Waals surface area contributed by atoms with Gasteiger partial charge >= 0.3 is 6.18 Å². The quantitative estimate of drug-likeness (QED) is 0.712. The molecule has 0 aliphatic rings. The highest BCUT2D eigenvalue weighted by Crippen LogP contribution is 2.33. The molecule has 0 bridgehead atoms. The van der Waals surface area contributed by atoms with Gasteiger partial charge in [-0.2, -0.15) is 18.3 Å². The number of carbonyl (C=O) groups excluding carboxylic acids is 1. The topological polar surface area (TPSA) is 76.9 Å². The Labute approximate surface area is 164 Å². The Morgan fingerprint density at radius 1 is 1.14 bits per heavy atom. The van der Waals surface area contributed by atoms with E-state index >= 15 is 0 Å². The first kappa shape index (κ1) is 20.2. The van der Waals surface area contributed by atoms with Crippen LogP contribution >= 0.6 is 0 Å². The molecule has 9 heteroatoms. The lowest BCUT2D eigenvalue weighted by atomic mass is 10.1. The van der Waals surface area contributed by atoms with E-state index in [1.54, 1.807) is 18.3 Å². The number of nitrogens with one attached hydrogen (secondary N) is 1. The van der Waals surface area contributed by atoms with Crippen LogP contribution < -0.4 is 10.7 Å². The maximum Gasteiger partial charge on any atom is 0.418 e. The third-order valence-electron chi connectivity index (χ3n) is 4.15. The van der Waals surface area contributed by atoms with E-state index in [9.17, 15) is 22.8 Å². The lowest BCUT2D eigenvalue weighted by Gasteiger charge is -2.16. The molecule has 0 aliphatic heterocycles. The van der Waals surface area contributed by atoms with Crippen LogP contribution in [0.1, 0.15) is 27.4 Å². The van der Waals surface area contributed by atoms with Gasteiger partial charge in [0.25, 0.3) is 5.91 Å². The molecule has 150 valence electrons. The van der Waals surface area contributed by atoms with Gasteiger partial charge in [0.05, 0.1) is 11.3 Å². The summed E-state index contributed by atoms with van der Waals surface area (Å²) in [7, 11) is 0. The molecule has 0 fully saturated rings. The number of alkyl halides is 3. The summed E-state index contributed by atoms with van der Waals surface area (Å²) in [5, 5.41) is 6.47. The van der Waals surface area contributed by atoms with Crippen molar-refractivity contribution in [3.8, 4) is 5.69 Å². The molecule has 3 aromatic rings. The van der Waals surface area contributed by atoms with Gasteiger partial charge in [0.1, 0.15) is 0 Å². The van der Waals surface area contributed by atoms with Gasteiger partial charge < -0.3 is 5.32 Å². The SMILES string of the molecule is Cc1cc(=O)c(C(=O)NCCc2ccccn2)nn1-c1ccccc1C(F)(F)F. The molecule has 2 aromatic heterocycles. The molecule has 1 amide bonds. The number of para-hydroxylation sites is 1. The van der Waals surface area contributed by atoms with Gasteiger partial charge in [0.2, 0.25) is 5.43 Å². The van der Waals surface area contributed by atoms with Crippen molar-refractivity contribution in [1.82, 2.24) is 20.1 Å². The number of amides is 1. The van der Waals surface area contributed by atoms with Crippen molar-refractivity contribution in [2.45, 2.75) is 19.5 Å². The second kappa shape index (κ2) is 8.26. The summed E-state index contributed by atoms with van der Waals surface area (Å²) >= 11 is 0. The predicted octanol–water partition coefficient (Wildman–Crippen LogP) is 2.93. The summed E-state index contributed by atoms with van der Waals surface area (Å²) in [5.41, 5.74) is -1.40. The maximum absolute atomic E-state index is 13.3. The lowest BCUT2D eigenvalue weighted by Crippen LogP contribution is -2.33. The van der Waals surface area contributed by atoms with Crippen molar-refractivity contribution in [3.05, 3.63) is 87.6 Å². The summed E-state index contributed by atoms with van der Waals surface area (Å²) in [6.07, 6.45) is -2.56. The average Bonchev–Trinajstić information content (AvgIpc) is 2.68. The van der Waals surface area contributed by atoms with E-state index in [2.05, 4.69) is 15.4 Å². The normalized spacial score (nSPS) is 11.3. The van der Waals surface area contributed by atoms with Crippen LogP contribution in [-0.2, 0) is 12.6 Å². The van der Waals surface area contributed by atoms with Gasteiger partial charge in [-0.1, -0.05) is 18.2 Å². The van der Waals surface area contributed by atoms with Crippen LogP contribution in [0.5, 0.6) is 0 Å². The fraction of sp³-hybridized carbons (Fsp3) is 0.200. The predicted molar refractivity (Wildman–Crippen MR) is 99.8 cm³/mol. The Morgan fingerprint density at radius 3 is 2.55 bits per heavy atom. The molecule has 2 heterocycles. The number of aryl methyl sites for hydroxylation is 1. The van der Waals surface area contributed by atoms with Crippen LogP contribution in [0.3, 0.4) is 0 Å². The molecule has 6 nitrogen and oxygen atoms in total.